The zero-order valence-electron chi connectivity index (χ0n) is 11.2. The molecule has 0 saturated carbocycles. The van der Waals surface area contributed by atoms with E-state index in [0.717, 1.165) is 17.1 Å². The van der Waals surface area contributed by atoms with E-state index in [1.807, 2.05) is 29.8 Å². The molecule has 0 saturated heterocycles. The topological polar surface area (TPSA) is 69.0 Å². The van der Waals surface area contributed by atoms with Crippen LogP contribution in [0.5, 0.6) is 0 Å². The predicted molar refractivity (Wildman–Crippen MR) is 74.1 cm³/mol. The Morgan fingerprint density at radius 3 is 3.25 bits per heavy atom. The largest absolute Gasteiger partial charge is 0.466 e. The summed E-state index contributed by atoms with van der Waals surface area (Å²) in [5.74, 6) is 0.553. The van der Waals surface area contributed by atoms with Crippen LogP contribution in [-0.4, -0.2) is 33.9 Å². The number of anilines is 1. The number of fused-ring (bicyclic) bond motifs is 1. The van der Waals surface area contributed by atoms with Crippen molar-refractivity contribution in [2.24, 2.45) is 5.92 Å². The Bertz CT molecular complexity index is 609. The van der Waals surface area contributed by atoms with Gasteiger partial charge in [-0.05, 0) is 19.1 Å². The first kappa shape index (κ1) is 12.7. The van der Waals surface area contributed by atoms with Gasteiger partial charge in [0.1, 0.15) is 5.82 Å². The molecule has 0 aromatic carbocycles. The van der Waals surface area contributed by atoms with E-state index in [1.54, 1.807) is 12.4 Å². The monoisotopic (exact) mass is 272 g/mol. The molecule has 104 valence electrons. The maximum atomic E-state index is 11.8. The molecule has 1 aliphatic heterocycles. The minimum Gasteiger partial charge on any atom is -0.466 e. The van der Waals surface area contributed by atoms with E-state index in [-0.39, 0.29) is 11.9 Å². The molecule has 6 heteroatoms. The van der Waals surface area contributed by atoms with Crippen LogP contribution < -0.4 is 5.32 Å². The molecule has 2 aromatic heterocycles. The van der Waals surface area contributed by atoms with Crippen molar-refractivity contribution in [1.29, 1.82) is 0 Å². The van der Waals surface area contributed by atoms with Gasteiger partial charge in [-0.3, -0.25) is 9.78 Å². The van der Waals surface area contributed by atoms with Crippen LogP contribution >= 0.6 is 0 Å². The number of hydrogen-bond donors (Lipinski definition) is 1. The second-order valence-electron chi connectivity index (χ2n) is 4.67. The standard InChI is InChI=1S/C14H16N4O2/c1-2-20-14(19)11-8-16-13-6-12(17-18(13)9-11)10-4-3-5-15-7-10/h3-7,11,16H,2,8-9H2,1H3. The molecule has 0 bridgehead atoms. The van der Waals surface area contributed by atoms with E-state index >= 15 is 0 Å². The maximum absolute atomic E-state index is 11.8. The second kappa shape index (κ2) is 5.32. The lowest BCUT2D eigenvalue weighted by Crippen LogP contribution is -2.34. The molecule has 3 rings (SSSR count). The second-order valence-corrected chi connectivity index (χ2v) is 4.67. The van der Waals surface area contributed by atoms with Crippen LogP contribution in [0, 0.1) is 5.92 Å². The lowest BCUT2D eigenvalue weighted by atomic mass is 10.1. The zero-order valence-corrected chi connectivity index (χ0v) is 11.2. The summed E-state index contributed by atoms with van der Waals surface area (Å²) < 4.78 is 6.87. The summed E-state index contributed by atoms with van der Waals surface area (Å²) in [5.41, 5.74) is 1.81. The third-order valence-corrected chi connectivity index (χ3v) is 3.28. The first-order valence-corrected chi connectivity index (χ1v) is 6.66. The number of nitrogens with zero attached hydrogens (tertiary/aromatic N) is 3. The molecule has 2 aromatic rings. The van der Waals surface area contributed by atoms with Crippen LogP contribution in [0.15, 0.2) is 30.6 Å². The maximum Gasteiger partial charge on any atom is 0.312 e. The highest BCUT2D eigenvalue weighted by Crippen LogP contribution is 2.25. The van der Waals surface area contributed by atoms with Crippen LogP contribution in [0.2, 0.25) is 0 Å². The Morgan fingerprint density at radius 2 is 2.50 bits per heavy atom. The fourth-order valence-corrected chi connectivity index (χ4v) is 2.27. The van der Waals surface area contributed by atoms with Crippen LogP contribution in [0.3, 0.4) is 0 Å². The van der Waals surface area contributed by atoms with E-state index in [0.29, 0.717) is 19.7 Å². The molecule has 1 unspecified atom stereocenters. The lowest BCUT2D eigenvalue weighted by Gasteiger charge is -2.23. The van der Waals surface area contributed by atoms with Crippen molar-refractivity contribution in [2.75, 3.05) is 18.5 Å². The van der Waals surface area contributed by atoms with Crippen molar-refractivity contribution in [3.8, 4) is 11.3 Å². The van der Waals surface area contributed by atoms with Gasteiger partial charge in [-0.1, -0.05) is 0 Å². The van der Waals surface area contributed by atoms with Crippen molar-refractivity contribution < 1.29 is 9.53 Å². The first-order chi connectivity index (χ1) is 9.78. The zero-order chi connectivity index (χ0) is 13.9. The Labute approximate surface area is 116 Å². The van der Waals surface area contributed by atoms with Crippen LogP contribution in [0.4, 0.5) is 5.82 Å². The minimum atomic E-state index is -0.191. The van der Waals surface area contributed by atoms with E-state index in [9.17, 15) is 4.79 Å². The number of hydrogen-bond acceptors (Lipinski definition) is 5. The van der Waals surface area contributed by atoms with Crippen molar-refractivity contribution in [1.82, 2.24) is 14.8 Å². The molecule has 3 heterocycles. The number of carbonyl (C=O) groups is 1. The number of aromatic nitrogens is 3. The summed E-state index contributed by atoms with van der Waals surface area (Å²) >= 11 is 0. The van der Waals surface area contributed by atoms with E-state index in [4.69, 9.17) is 4.74 Å². The summed E-state index contributed by atoms with van der Waals surface area (Å²) in [7, 11) is 0. The number of rotatable bonds is 3. The van der Waals surface area contributed by atoms with Gasteiger partial charge < -0.3 is 10.1 Å². The molecule has 1 atom stereocenters. The lowest BCUT2D eigenvalue weighted by molar-refractivity contribution is -0.148. The number of carbonyl (C=O) groups excluding carboxylic acids is 1. The number of ether oxygens (including phenoxy) is 1. The quantitative estimate of drug-likeness (QED) is 0.858. The molecule has 1 aliphatic rings. The molecule has 0 spiro atoms. The molecule has 0 fully saturated rings. The van der Waals surface area contributed by atoms with Gasteiger partial charge in [0.2, 0.25) is 0 Å². The average Bonchev–Trinajstić information content (AvgIpc) is 2.91. The van der Waals surface area contributed by atoms with Crippen molar-refractivity contribution in [3.05, 3.63) is 30.6 Å². The van der Waals surface area contributed by atoms with Gasteiger partial charge in [0, 0.05) is 30.6 Å². The Morgan fingerprint density at radius 1 is 1.60 bits per heavy atom. The van der Waals surface area contributed by atoms with Crippen LogP contribution in [0.25, 0.3) is 11.3 Å². The van der Waals surface area contributed by atoms with E-state index in [1.165, 1.54) is 0 Å². The van der Waals surface area contributed by atoms with Crippen molar-refractivity contribution >= 4 is 11.8 Å². The molecular weight excluding hydrogens is 256 g/mol. The molecule has 0 amide bonds. The smallest absolute Gasteiger partial charge is 0.312 e. The summed E-state index contributed by atoms with van der Waals surface area (Å²) in [5, 5.41) is 7.74. The van der Waals surface area contributed by atoms with E-state index in [2.05, 4.69) is 15.4 Å². The third-order valence-electron chi connectivity index (χ3n) is 3.28. The van der Waals surface area contributed by atoms with Crippen molar-refractivity contribution in [3.63, 3.8) is 0 Å². The first-order valence-electron chi connectivity index (χ1n) is 6.66. The summed E-state index contributed by atoms with van der Waals surface area (Å²) in [4.78, 5) is 15.9. The Hall–Kier alpha value is -2.37. The normalized spacial score (nSPS) is 17.1. The van der Waals surface area contributed by atoms with Gasteiger partial charge in [-0.2, -0.15) is 5.10 Å². The van der Waals surface area contributed by atoms with Crippen LogP contribution in [-0.2, 0) is 16.1 Å². The van der Waals surface area contributed by atoms with Gasteiger partial charge >= 0.3 is 5.97 Å². The summed E-state index contributed by atoms with van der Waals surface area (Å²) in [6.07, 6.45) is 3.51. The van der Waals surface area contributed by atoms with Gasteiger partial charge in [-0.25, -0.2) is 4.68 Å². The highest BCUT2D eigenvalue weighted by atomic mass is 16.5. The molecule has 0 radical (unpaired) electrons. The highest BCUT2D eigenvalue weighted by molar-refractivity contribution is 5.74. The van der Waals surface area contributed by atoms with Gasteiger partial charge in [-0.15, -0.1) is 0 Å². The van der Waals surface area contributed by atoms with Gasteiger partial charge in [0.15, 0.2) is 0 Å². The van der Waals surface area contributed by atoms with E-state index < -0.39 is 0 Å². The average molecular weight is 272 g/mol. The molecule has 6 nitrogen and oxygen atoms in total. The number of esters is 1. The highest BCUT2D eigenvalue weighted by Gasteiger charge is 2.26. The summed E-state index contributed by atoms with van der Waals surface area (Å²) in [6, 6.07) is 5.81. The van der Waals surface area contributed by atoms with Crippen molar-refractivity contribution in [2.45, 2.75) is 13.5 Å². The fourth-order valence-electron chi connectivity index (χ4n) is 2.27. The third kappa shape index (κ3) is 2.36. The Balaban J connectivity index is 1.81. The summed E-state index contributed by atoms with van der Waals surface area (Å²) in [6.45, 7) is 3.34. The molecule has 1 N–H and O–H groups in total. The SMILES string of the molecule is CCOC(=O)C1CNc2cc(-c3cccnc3)nn2C1. The fraction of sp³-hybridized carbons (Fsp3) is 0.357. The molecular formula is C14H16N4O2. The Kier molecular flexibility index (Phi) is 3.37. The van der Waals surface area contributed by atoms with Gasteiger partial charge in [0.05, 0.1) is 24.8 Å². The van der Waals surface area contributed by atoms with Crippen LogP contribution in [0.1, 0.15) is 6.92 Å². The van der Waals surface area contributed by atoms with Gasteiger partial charge in [0.25, 0.3) is 0 Å². The minimum absolute atomic E-state index is 0.177. The number of pyridine rings is 1. The predicted octanol–water partition coefficient (Wildman–Crippen LogP) is 1.55. The molecule has 0 aliphatic carbocycles. The number of nitrogens with one attached hydrogen (secondary N) is 1. The molecule has 20 heavy (non-hydrogen) atoms.